The highest BCUT2D eigenvalue weighted by Gasteiger charge is 2.17. The lowest BCUT2D eigenvalue weighted by Crippen LogP contribution is -2.25. The maximum atomic E-state index is 12.7. The standard InChI is InChI=1S/C28H36N6O3S/c1-2-3-4-7-19-38(35,36)33-22-24(21-29-33)26-9-8-10-28-30-27(31-34(26)28)20-23-11-13-25(14-12-23)37-18-17-32-15-5-6-16-32/h8-14,21-22H,2-7,15-20H2,1H3. The Hall–Kier alpha value is -3.24. The van der Waals surface area contributed by atoms with Crippen molar-refractivity contribution in [3.63, 3.8) is 0 Å². The van der Waals surface area contributed by atoms with Crippen molar-refractivity contribution in [3.05, 3.63) is 66.2 Å². The molecule has 0 bridgehead atoms. The van der Waals surface area contributed by atoms with Crippen LogP contribution in [-0.4, -0.2) is 69.1 Å². The van der Waals surface area contributed by atoms with Crippen molar-refractivity contribution >= 4 is 15.7 Å². The van der Waals surface area contributed by atoms with E-state index in [1.165, 1.54) is 25.9 Å². The SMILES string of the molecule is CCCCCCS(=O)(=O)n1cc(-c2cccc3nc(Cc4ccc(OCCN5CCCC5)cc4)nn23)cn1. The predicted molar refractivity (Wildman–Crippen MR) is 148 cm³/mol. The molecule has 5 rings (SSSR count). The van der Waals surface area contributed by atoms with Crippen molar-refractivity contribution in [3.8, 4) is 17.0 Å². The second-order valence-electron chi connectivity index (χ2n) is 9.91. The second-order valence-corrected chi connectivity index (χ2v) is 11.9. The van der Waals surface area contributed by atoms with Crippen molar-refractivity contribution in [2.75, 3.05) is 32.0 Å². The van der Waals surface area contributed by atoms with Gasteiger partial charge in [0.05, 0.1) is 23.8 Å². The molecule has 0 saturated carbocycles. The fraction of sp³-hybridized carbons (Fsp3) is 0.464. The summed E-state index contributed by atoms with van der Waals surface area (Å²) in [5, 5.41) is 8.87. The van der Waals surface area contributed by atoms with Crippen LogP contribution in [0.5, 0.6) is 5.75 Å². The minimum absolute atomic E-state index is 0.0913. The van der Waals surface area contributed by atoms with Crippen molar-refractivity contribution in [2.24, 2.45) is 0 Å². The number of fused-ring (bicyclic) bond motifs is 1. The van der Waals surface area contributed by atoms with Crippen molar-refractivity contribution in [2.45, 2.75) is 51.9 Å². The van der Waals surface area contributed by atoms with E-state index in [0.717, 1.165) is 46.9 Å². The lowest BCUT2D eigenvalue weighted by molar-refractivity contribution is 0.238. The molecular formula is C28H36N6O3S. The monoisotopic (exact) mass is 536 g/mol. The van der Waals surface area contributed by atoms with E-state index in [9.17, 15) is 8.42 Å². The van der Waals surface area contributed by atoms with Crippen LogP contribution in [0, 0.1) is 0 Å². The maximum Gasteiger partial charge on any atom is 0.253 e. The Labute approximate surface area is 224 Å². The molecule has 0 spiro atoms. The Kier molecular flexibility index (Phi) is 8.38. The Morgan fingerprint density at radius 2 is 1.82 bits per heavy atom. The van der Waals surface area contributed by atoms with Crippen LogP contribution in [0.15, 0.2) is 54.9 Å². The number of nitrogens with zero attached hydrogens (tertiary/aromatic N) is 6. The number of rotatable bonds is 13. The molecule has 10 heteroatoms. The van der Waals surface area contributed by atoms with Crippen LogP contribution in [0.2, 0.25) is 0 Å². The lowest BCUT2D eigenvalue weighted by Gasteiger charge is -2.14. The van der Waals surface area contributed by atoms with E-state index in [2.05, 4.69) is 16.9 Å². The molecule has 9 nitrogen and oxygen atoms in total. The Balaban J connectivity index is 1.24. The lowest BCUT2D eigenvalue weighted by atomic mass is 10.1. The predicted octanol–water partition coefficient (Wildman–Crippen LogP) is 4.42. The van der Waals surface area contributed by atoms with Gasteiger partial charge in [0, 0.05) is 18.5 Å². The zero-order valence-electron chi connectivity index (χ0n) is 22.0. The van der Waals surface area contributed by atoms with E-state index >= 15 is 0 Å². The zero-order chi connectivity index (χ0) is 26.4. The average molecular weight is 537 g/mol. The fourth-order valence-corrected chi connectivity index (χ4v) is 6.04. The summed E-state index contributed by atoms with van der Waals surface area (Å²) in [6.45, 7) is 6.13. The van der Waals surface area contributed by atoms with Gasteiger partial charge in [0.1, 0.15) is 12.4 Å². The van der Waals surface area contributed by atoms with Crippen LogP contribution in [-0.2, 0) is 16.4 Å². The quantitative estimate of drug-likeness (QED) is 0.234. The van der Waals surface area contributed by atoms with Gasteiger partial charge < -0.3 is 4.74 Å². The van der Waals surface area contributed by atoms with Gasteiger partial charge in [-0.05, 0) is 62.2 Å². The summed E-state index contributed by atoms with van der Waals surface area (Å²) in [6.07, 6.45) is 9.94. The molecule has 1 fully saturated rings. The van der Waals surface area contributed by atoms with E-state index in [1.807, 2.05) is 42.5 Å². The molecule has 0 amide bonds. The maximum absolute atomic E-state index is 12.7. The molecule has 0 N–H and O–H groups in total. The molecule has 0 atom stereocenters. The molecule has 4 heterocycles. The molecular weight excluding hydrogens is 500 g/mol. The number of benzene rings is 1. The topological polar surface area (TPSA) is 94.6 Å². The van der Waals surface area contributed by atoms with Crippen LogP contribution in [0.25, 0.3) is 16.9 Å². The fourth-order valence-electron chi connectivity index (χ4n) is 4.82. The molecule has 1 saturated heterocycles. The molecule has 0 aliphatic carbocycles. The van der Waals surface area contributed by atoms with Gasteiger partial charge in [-0.1, -0.05) is 44.4 Å². The summed E-state index contributed by atoms with van der Waals surface area (Å²) < 4.78 is 34.2. The Morgan fingerprint density at radius 3 is 2.61 bits per heavy atom. The number of pyridine rings is 1. The smallest absolute Gasteiger partial charge is 0.253 e. The van der Waals surface area contributed by atoms with Crippen molar-refractivity contribution < 1.29 is 13.2 Å². The largest absolute Gasteiger partial charge is 0.492 e. The third kappa shape index (κ3) is 6.42. The molecule has 0 radical (unpaired) electrons. The van der Waals surface area contributed by atoms with Crippen LogP contribution in [0.3, 0.4) is 0 Å². The summed E-state index contributed by atoms with van der Waals surface area (Å²) >= 11 is 0. The third-order valence-corrected chi connectivity index (χ3v) is 8.54. The number of hydrogen-bond acceptors (Lipinski definition) is 7. The van der Waals surface area contributed by atoms with Gasteiger partial charge in [-0.25, -0.2) is 17.9 Å². The van der Waals surface area contributed by atoms with Gasteiger partial charge in [-0.3, -0.25) is 4.90 Å². The number of aromatic nitrogens is 5. The first-order valence-corrected chi connectivity index (χ1v) is 15.2. The van der Waals surface area contributed by atoms with Crippen molar-refractivity contribution in [1.29, 1.82) is 0 Å². The van der Waals surface area contributed by atoms with Gasteiger partial charge in [-0.15, -0.1) is 0 Å². The van der Waals surface area contributed by atoms with E-state index in [4.69, 9.17) is 14.8 Å². The number of hydrogen-bond donors (Lipinski definition) is 0. The molecule has 1 aliphatic rings. The molecule has 202 valence electrons. The van der Waals surface area contributed by atoms with Gasteiger partial charge in [0.2, 0.25) is 0 Å². The third-order valence-electron chi connectivity index (χ3n) is 6.96. The number of likely N-dealkylation sites (tertiary alicyclic amines) is 1. The molecule has 0 unspecified atom stereocenters. The second kappa shape index (κ2) is 12.1. The Morgan fingerprint density at radius 1 is 1.00 bits per heavy atom. The van der Waals surface area contributed by atoms with Crippen LogP contribution in [0.1, 0.15) is 56.8 Å². The zero-order valence-corrected chi connectivity index (χ0v) is 22.8. The molecule has 4 aromatic rings. The first-order valence-electron chi connectivity index (χ1n) is 13.6. The number of ether oxygens (including phenoxy) is 1. The van der Waals surface area contributed by atoms with Gasteiger partial charge >= 0.3 is 0 Å². The van der Waals surface area contributed by atoms with E-state index in [-0.39, 0.29) is 5.75 Å². The van der Waals surface area contributed by atoms with E-state index < -0.39 is 10.0 Å². The summed E-state index contributed by atoms with van der Waals surface area (Å²) in [5.74, 6) is 1.65. The molecule has 1 aliphatic heterocycles. The minimum Gasteiger partial charge on any atom is -0.492 e. The summed E-state index contributed by atoms with van der Waals surface area (Å²) in [5.41, 5.74) is 3.22. The highest BCUT2D eigenvalue weighted by Crippen LogP contribution is 2.22. The van der Waals surface area contributed by atoms with Gasteiger partial charge in [0.15, 0.2) is 11.5 Å². The highest BCUT2D eigenvalue weighted by atomic mass is 32.2. The summed E-state index contributed by atoms with van der Waals surface area (Å²) in [4.78, 5) is 7.13. The van der Waals surface area contributed by atoms with Crippen LogP contribution >= 0.6 is 0 Å². The normalized spacial score (nSPS) is 14.4. The van der Waals surface area contributed by atoms with Crippen molar-refractivity contribution in [1.82, 2.24) is 28.7 Å². The van der Waals surface area contributed by atoms with E-state index in [1.54, 1.807) is 16.9 Å². The number of unbranched alkanes of at least 4 members (excludes halogenated alkanes) is 3. The minimum atomic E-state index is -3.48. The molecule has 3 aromatic heterocycles. The molecule has 1 aromatic carbocycles. The van der Waals surface area contributed by atoms with E-state index in [0.29, 0.717) is 36.5 Å². The average Bonchev–Trinajstić information content (AvgIpc) is 3.68. The van der Waals surface area contributed by atoms with Gasteiger partial charge in [-0.2, -0.15) is 14.3 Å². The first kappa shape index (κ1) is 26.4. The Bertz CT molecular complexity index is 1440. The van der Waals surface area contributed by atoms with Crippen LogP contribution in [0.4, 0.5) is 0 Å². The summed E-state index contributed by atoms with van der Waals surface area (Å²) in [6, 6.07) is 13.8. The first-order chi connectivity index (χ1) is 18.5. The summed E-state index contributed by atoms with van der Waals surface area (Å²) in [7, 11) is -3.48. The van der Waals surface area contributed by atoms with Crippen LogP contribution < -0.4 is 4.74 Å². The van der Waals surface area contributed by atoms with Gasteiger partial charge in [0.25, 0.3) is 10.0 Å². The highest BCUT2D eigenvalue weighted by molar-refractivity contribution is 7.89. The molecule has 38 heavy (non-hydrogen) atoms.